The fourth-order valence-electron chi connectivity index (χ4n) is 4.01. The van der Waals surface area contributed by atoms with Crippen LogP contribution in [0.3, 0.4) is 0 Å². The van der Waals surface area contributed by atoms with Crippen LogP contribution < -0.4 is 10.6 Å². The standard InChI is InChI=1S/C19H33N3O3/c1-13(2)8-7-10-15(4)20-16(23)12-22-17(24)19(21-18(22)25)11-6-5-9-14(19)3/h13-15H,5-12H2,1-4H3,(H,20,23)(H,21,25)/t14-,15-,19+/m0/s1. The third-order valence-electron chi connectivity index (χ3n) is 5.63. The van der Waals surface area contributed by atoms with E-state index in [2.05, 4.69) is 24.5 Å². The second-order valence-corrected chi connectivity index (χ2v) is 8.23. The molecule has 1 spiro atoms. The van der Waals surface area contributed by atoms with Gasteiger partial charge in [0.2, 0.25) is 5.91 Å². The van der Waals surface area contributed by atoms with Gasteiger partial charge in [0.05, 0.1) is 0 Å². The molecule has 2 rings (SSSR count). The van der Waals surface area contributed by atoms with E-state index >= 15 is 0 Å². The lowest BCUT2D eigenvalue weighted by atomic mass is 9.73. The first-order valence-corrected chi connectivity index (χ1v) is 9.69. The largest absolute Gasteiger partial charge is 0.352 e. The number of carbonyl (C=O) groups excluding carboxylic acids is 3. The minimum absolute atomic E-state index is 0.0505. The summed E-state index contributed by atoms with van der Waals surface area (Å²) in [5, 5.41) is 5.79. The van der Waals surface area contributed by atoms with Gasteiger partial charge in [-0.05, 0) is 38.0 Å². The number of carbonyl (C=O) groups is 3. The van der Waals surface area contributed by atoms with Gasteiger partial charge in [-0.15, -0.1) is 0 Å². The molecule has 142 valence electrons. The fourth-order valence-corrected chi connectivity index (χ4v) is 4.01. The first-order chi connectivity index (χ1) is 11.8. The van der Waals surface area contributed by atoms with Crippen LogP contribution in [0, 0.1) is 11.8 Å². The highest BCUT2D eigenvalue weighted by Gasteiger charge is 2.55. The highest BCUT2D eigenvalue weighted by atomic mass is 16.2. The van der Waals surface area contributed by atoms with Crippen molar-refractivity contribution in [3.63, 3.8) is 0 Å². The predicted molar refractivity (Wildman–Crippen MR) is 96.9 cm³/mol. The summed E-state index contributed by atoms with van der Waals surface area (Å²) in [4.78, 5) is 38.5. The summed E-state index contributed by atoms with van der Waals surface area (Å²) >= 11 is 0. The number of hydrogen-bond donors (Lipinski definition) is 2. The van der Waals surface area contributed by atoms with E-state index in [0.717, 1.165) is 43.4 Å². The van der Waals surface area contributed by atoms with Crippen LogP contribution in [0.25, 0.3) is 0 Å². The van der Waals surface area contributed by atoms with E-state index in [1.54, 1.807) is 0 Å². The molecule has 2 N–H and O–H groups in total. The molecule has 0 unspecified atom stereocenters. The van der Waals surface area contributed by atoms with Crippen molar-refractivity contribution in [3.05, 3.63) is 0 Å². The monoisotopic (exact) mass is 351 g/mol. The van der Waals surface area contributed by atoms with E-state index in [9.17, 15) is 14.4 Å². The summed E-state index contributed by atoms with van der Waals surface area (Å²) in [5.41, 5.74) is -0.793. The lowest BCUT2D eigenvalue weighted by Crippen LogP contribution is -2.54. The molecule has 2 aliphatic rings. The van der Waals surface area contributed by atoms with Gasteiger partial charge < -0.3 is 10.6 Å². The molecule has 3 atom stereocenters. The lowest BCUT2D eigenvalue weighted by Gasteiger charge is -2.36. The van der Waals surface area contributed by atoms with Gasteiger partial charge >= 0.3 is 6.03 Å². The van der Waals surface area contributed by atoms with E-state index in [-0.39, 0.29) is 30.3 Å². The topological polar surface area (TPSA) is 78.5 Å². The molecule has 6 heteroatoms. The Kier molecular flexibility index (Phi) is 6.47. The highest BCUT2D eigenvalue weighted by Crippen LogP contribution is 2.38. The quantitative estimate of drug-likeness (QED) is 0.692. The van der Waals surface area contributed by atoms with Crippen molar-refractivity contribution in [2.75, 3.05) is 6.54 Å². The third-order valence-corrected chi connectivity index (χ3v) is 5.63. The molecule has 0 aromatic carbocycles. The van der Waals surface area contributed by atoms with Crippen LogP contribution in [0.5, 0.6) is 0 Å². The Hall–Kier alpha value is -1.59. The molecule has 25 heavy (non-hydrogen) atoms. The molecule has 0 radical (unpaired) electrons. The van der Waals surface area contributed by atoms with Gasteiger partial charge in [0.1, 0.15) is 12.1 Å². The van der Waals surface area contributed by atoms with Crippen LogP contribution in [-0.2, 0) is 9.59 Å². The Morgan fingerprint density at radius 1 is 1.28 bits per heavy atom. The van der Waals surface area contributed by atoms with Crippen LogP contribution >= 0.6 is 0 Å². The van der Waals surface area contributed by atoms with Crippen molar-refractivity contribution in [2.45, 2.75) is 84.2 Å². The highest BCUT2D eigenvalue weighted by molar-refractivity contribution is 6.09. The molecular weight excluding hydrogens is 318 g/mol. The van der Waals surface area contributed by atoms with Crippen molar-refractivity contribution in [2.24, 2.45) is 11.8 Å². The molecular formula is C19H33N3O3. The first-order valence-electron chi connectivity index (χ1n) is 9.69. The molecule has 1 saturated heterocycles. The summed E-state index contributed by atoms with van der Waals surface area (Å²) in [7, 11) is 0. The Morgan fingerprint density at radius 2 is 2.00 bits per heavy atom. The number of rotatable bonds is 7. The fraction of sp³-hybridized carbons (Fsp3) is 0.842. The molecule has 1 aliphatic heterocycles. The van der Waals surface area contributed by atoms with Gasteiger partial charge in [-0.25, -0.2) is 4.79 Å². The van der Waals surface area contributed by atoms with Crippen LogP contribution in [-0.4, -0.2) is 40.9 Å². The van der Waals surface area contributed by atoms with Gasteiger partial charge in [0.25, 0.3) is 5.91 Å². The van der Waals surface area contributed by atoms with Gasteiger partial charge in [-0.1, -0.05) is 46.5 Å². The summed E-state index contributed by atoms with van der Waals surface area (Å²) in [6, 6.07) is -0.379. The average molecular weight is 351 g/mol. The van der Waals surface area contributed by atoms with E-state index in [1.807, 2.05) is 13.8 Å². The average Bonchev–Trinajstić information content (AvgIpc) is 2.75. The van der Waals surface area contributed by atoms with Crippen molar-refractivity contribution >= 4 is 17.8 Å². The minimum Gasteiger partial charge on any atom is -0.352 e. The number of urea groups is 1. The Labute approximate surface area is 151 Å². The zero-order chi connectivity index (χ0) is 18.6. The normalized spacial score (nSPS) is 27.7. The molecule has 1 saturated carbocycles. The third kappa shape index (κ3) is 4.53. The van der Waals surface area contributed by atoms with Crippen molar-refractivity contribution in [1.82, 2.24) is 15.5 Å². The number of imide groups is 1. The Balaban J connectivity index is 1.88. The zero-order valence-corrected chi connectivity index (χ0v) is 16.1. The van der Waals surface area contributed by atoms with E-state index in [1.165, 1.54) is 0 Å². The molecule has 1 heterocycles. The minimum atomic E-state index is -0.793. The van der Waals surface area contributed by atoms with Crippen molar-refractivity contribution < 1.29 is 14.4 Å². The van der Waals surface area contributed by atoms with Crippen LogP contribution in [0.15, 0.2) is 0 Å². The molecule has 0 bridgehead atoms. The summed E-state index contributed by atoms with van der Waals surface area (Å²) in [6.45, 7) is 8.16. The van der Waals surface area contributed by atoms with E-state index < -0.39 is 11.6 Å². The van der Waals surface area contributed by atoms with Crippen molar-refractivity contribution in [3.8, 4) is 0 Å². The Bertz CT molecular complexity index is 520. The maximum atomic E-state index is 12.8. The van der Waals surface area contributed by atoms with Crippen LogP contribution in [0.2, 0.25) is 0 Å². The number of hydrogen-bond acceptors (Lipinski definition) is 3. The molecule has 0 aromatic rings. The molecule has 2 fully saturated rings. The van der Waals surface area contributed by atoms with Gasteiger partial charge in [0.15, 0.2) is 0 Å². The smallest absolute Gasteiger partial charge is 0.325 e. The van der Waals surface area contributed by atoms with Crippen LogP contribution in [0.1, 0.15) is 72.6 Å². The maximum Gasteiger partial charge on any atom is 0.325 e. The van der Waals surface area contributed by atoms with Gasteiger partial charge in [0, 0.05) is 6.04 Å². The second-order valence-electron chi connectivity index (χ2n) is 8.23. The van der Waals surface area contributed by atoms with E-state index in [4.69, 9.17) is 0 Å². The summed E-state index contributed by atoms with van der Waals surface area (Å²) in [5.74, 6) is 0.275. The second kappa shape index (κ2) is 8.19. The number of nitrogens with one attached hydrogen (secondary N) is 2. The summed E-state index contributed by atoms with van der Waals surface area (Å²) < 4.78 is 0. The van der Waals surface area contributed by atoms with Gasteiger partial charge in [-0.2, -0.15) is 0 Å². The molecule has 0 aromatic heterocycles. The number of amides is 4. The lowest BCUT2D eigenvalue weighted by molar-refractivity contribution is -0.137. The molecule has 1 aliphatic carbocycles. The van der Waals surface area contributed by atoms with Crippen molar-refractivity contribution in [1.29, 1.82) is 0 Å². The van der Waals surface area contributed by atoms with Gasteiger partial charge in [-0.3, -0.25) is 14.5 Å². The molecule has 6 nitrogen and oxygen atoms in total. The summed E-state index contributed by atoms with van der Waals surface area (Å²) in [6.07, 6.45) is 6.71. The molecule has 4 amide bonds. The van der Waals surface area contributed by atoms with Crippen LogP contribution in [0.4, 0.5) is 4.79 Å². The number of nitrogens with zero attached hydrogens (tertiary/aromatic N) is 1. The van der Waals surface area contributed by atoms with E-state index in [0.29, 0.717) is 12.3 Å². The Morgan fingerprint density at radius 3 is 2.64 bits per heavy atom. The predicted octanol–water partition coefficient (Wildman–Crippen LogP) is 2.82. The zero-order valence-electron chi connectivity index (χ0n) is 16.1. The SMILES string of the molecule is CC(C)CCC[C@H](C)NC(=O)CN1C(=O)N[C@@]2(CCCC[C@@H]2C)C1=O. The first kappa shape index (κ1) is 19.7. The maximum absolute atomic E-state index is 12.8.